The van der Waals surface area contributed by atoms with E-state index in [2.05, 4.69) is 34.9 Å². The van der Waals surface area contributed by atoms with Gasteiger partial charge in [0.25, 0.3) is 0 Å². The van der Waals surface area contributed by atoms with Crippen LogP contribution in [0.4, 0.5) is 5.82 Å². The molecular weight excluding hydrogens is 462 g/mol. The van der Waals surface area contributed by atoms with Gasteiger partial charge in [0.1, 0.15) is 17.9 Å². The Balaban J connectivity index is 1.81. The highest BCUT2D eigenvalue weighted by Gasteiger charge is 2.44. The number of nitrogens with zero attached hydrogens (tertiary/aromatic N) is 3. The molecule has 1 aliphatic rings. The SMILES string of the molecule is CCOCc1nc2c(N)nc3cc(-c4ccccc4)ccc3c2n1C(C1CCCCC1)C(C)(C)C([NH])=O. The summed E-state index contributed by atoms with van der Waals surface area (Å²) in [6, 6.07) is 16.2. The lowest BCUT2D eigenvalue weighted by atomic mass is 9.71. The van der Waals surface area contributed by atoms with E-state index in [-0.39, 0.29) is 12.0 Å². The fraction of sp³-hybridized carbons (Fsp3) is 0.433. The number of aromatic nitrogens is 3. The molecule has 7 heteroatoms. The van der Waals surface area contributed by atoms with E-state index in [4.69, 9.17) is 26.2 Å². The van der Waals surface area contributed by atoms with Gasteiger partial charge in [-0.25, -0.2) is 9.97 Å². The van der Waals surface area contributed by atoms with Crippen LogP contribution in [0.15, 0.2) is 48.5 Å². The third kappa shape index (κ3) is 4.57. The van der Waals surface area contributed by atoms with Gasteiger partial charge in [0.2, 0.25) is 5.91 Å². The van der Waals surface area contributed by atoms with Crippen molar-refractivity contribution in [2.75, 3.05) is 12.3 Å². The molecule has 2 aromatic heterocycles. The van der Waals surface area contributed by atoms with Gasteiger partial charge >= 0.3 is 0 Å². The summed E-state index contributed by atoms with van der Waals surface area (Å²) in [7, 11) is 0. The molecule has 2 aromatic carbocycles. The first kappa shape index (κ1) is 25.2. The van der Waals surface area contributed by atoms with Gasteiger partial charge in [0.05, 0.1) is 22.5 Å². The highest BCUT2D eigenvalue weighted by atomic mass is 16.5. The van der Waals surface area contributed by atoms with Crippen molar-refractivity contribution in [2.45, 2.75) is 65.5 Å². The van der Waals surface area contributed by atoms with Gasteiger partial charge in [-0.15, -0.1) is 0 Å². The highest BCUT2D eigenvalue weighted by molar-refractivity contribution is 6.07. The number of pyridine rings is 1. The lowest BCUT2D eigenvalue weighted by molar-refractivity contribution is -0.130. The van der Waals surface area contributed by atoms with Crippen LogP contribution in [0.5, 0.6) is 0 Å². The number of imidazole rings is 1. The normalized spacial score (nSPS) is 15.9. The Morgan fingerprint density at radius 1 is 1.11 bits per heavy atom. The van der Waals surface area contributed by atoms with E-state index in [9.17, 15) is 4.79 Å². The Kier molecular flexibility index (Phi) is 6.90. The fourth-order valence-corrected chi connectivity index (χ4v) is 6.03. The maximum absolute atomic E-state index is 12.8. The molecule has 2 heterocycles. The summed E-state index contributed by atoms with van der Waals surface area (Å²) in [4.78, 5) is 22.5. The second kappa shape index (κ2) is 10.1. The molecule has 4 aromatic rings. The lowest BCUT2D eigenvalue weighted by Crippen LogP contribution is -2.41. The average Bonchev–Trinajstić information content (AvgIpc) is 3.28. The van der Waals surface area contributed by atoms with Crippen LogP contribution < -0.4 is 11.5 Å². The molecule has 0 saturated heterocycles. The van der Waals surface area contributed by atoms with E-state index >= 15 is 0 Å². The number of ether oxygens (including phenoxy) is 1. The number of nitrogens with two attached hydrogens (primary N) is 1. The summed E-state index contributed by atoms with van der Waals surface area (Å²) in [6.45, 7) is 6.61. The summed E-state index contributed by atoms with van der Waals surface area (Å²) < 4.78 is 8.04. The molecule has 1 atom stereocenters. The smallest absolute Gasteiger partial charge is 0.246 e. The fourth-order valence-electron chi connectivity index (χ4n) is 6.03. The number of hydrogen-bond acceptors (Lipinski definition) is 5. The summed E-state index contributed by atoms with van der Waals surface area (Å²) in [5.41, 5.74) is 18.3. The number of nitrogen functional groups attached to an aromatic ring is 1. The number of rotatable bonds is 8. The molecule has 1 saturated carbocycles. The van der Waals surface area contributed by atoms with E-state index in [1.54, 1.807) is 0 Å². The highest BCUT2D eigenvalue weighted by Crippen LogP contribution is 2.47. The van der Waals surface area contributed by atoms with Crippen molar-refractivity contribution in [3.63, 3.8) is 0 Å². The van der Waals surface area contributed by atoms with Crippen molar-refractivity contribution in [2.24, 2.45) is 11.3 Å². The average molecular weight is 499 g/mol. The second-order valence-electron chi connectivity index (χ2n) is 10.7. The predicted octanol–water partition coefficient (Wildman–Crippen LogP) is 6.33. The van der Waals surface area contributed by atoms with E-state index < -0.39 is 11.3 Å². The zero-order valence-electron chi connectivity index (χ0n) is 22.0. The molecule has 0 bridgehead atoms. The molecule has 0 spiro atoms. The standard InChI is InChI=1S/C30H36N5O2/c1-4-37-18-24-34-25-26(35(24)27(30(2,3)29(32)36)20-13-9-6-10-14-20)22-16-15-21(17-23(22)33-28(25)31)19-11-7-5-8-12-19/h5,7-8,11-12,15-17,20,27,32H,4,6,9-10,13-14,18H2,1-3H3,(H2,31,33). The number of nitrogens with one attached hydrogen (secondary N) is 1. The number of fused-ring (bicyclic) bond motifs is 3. The van der Waals surface area contributed by atoms with E-state index in [1.165, 1.54) is 6.42 Å². The minimum absolute atomic E-state index is 0.239. The topological polar surface area (TPSA) is 107 Å². The molecule has 193 valence electrons. The summed E-state index contributed by atoms with van der Waals surface area (Å²) in [5, 5.41) is 0.938. The van der Waals surface area contributed by atoms with Gasteiger partial charge < -0.3 is 15.0 Å². The third-order valence-electron chi connectivity index (χ3n) is 7.96. The number of carbonyl (C=O) groups excluding carboxylic acids is 1. The molecule has 5 rings (SSSR count). The Labute approximate surface area is 218 Å². The largest absolute Gasteiger partial charge is 0.382 e. The van der Waals surface area contributed by atoms with Crippen LogP contribution in [0.3, 0.4) is 0 Å². The molecule has 1 aliphatic carbocycles. The van der Waals surface area contributed by atoms with Gasteiger partial charge in [-0.2, -0.15) is 0 Å². The molecular formula is C30H36N5O2. The zero-order chi connectivity index (χ0) is 26.2. The van der Waals surface area contributed by atoms with Crippen LogP contribution in [0, 0.1) is 11.3 Å². The van der Waals surface area contributed by atoms with Crippen LogP contribution >= 0.6 is 0 Å². The molecule has 1 radical (unpaired) electrons. The molecule has 1 amide bonds. The number of anilines is 1. The first-order valence-corrected chi connectivity index (χ1v) is 13.3. The number of benzene rings is 2. The Morgan fingerprint density at radius 3 is 2.51 bits per heavy atom. The Bertz CT molecular complexity index is 1420. The van der Waals surface area contributed by atoms with E-state index in [0.29, 0.717) is 24.5 Å². The summed E-state index contributed by atoms with van der Waals surface area (Å²) >= 11 is 0. The van der Waals surface area contributed by atoms with Crippen molar-refractivity contribution in [1.29, 1.82) is 0 Å². The number of amides is 1. The van der Waals surface area contributed by atoms with Crippen LogP contribution in [0.25, 0.3) is 33.1 Å². The Hall–Kier alpha value is -3.45. The van der Waals surface area contributed by atoms with Gasteiger partial charge in [0, 0.05) is 12.0 Å². The van der Waals surface area contributed by atoms with Crippen LogP contribution in [-0.2, 0) is 16.1 Å². The van der Waals surface area contributed by atoms with Crippen molar-refractivity contribution in [1.82, 2.24) is 20.3 Å². The van der Waals surface area contributed by atoms with Crippen molar-refractivity contribution >= 4 is 33.7 Å². The van der Waals surface area contributed by atoms with Crippen LogP contribution in [0.2, 0.25) is 0 Å². The molecule has 1 unspecified atom stereocenters. The lowest BCUT2D eigenvalue weighted by Gasteiger charge is -2.41. The summed E-state index contributed by atoms with van der Waals surface area (Å²) in [6.07, 6.45) is 5.50. The van der Waals surface area contributed by atoms with Gasteiger partial charge in [-0.1, -0.05) is 61.7 Å². The molecule has 7 nitrogen and oxygen atoms in total. The zero-order valence-corrected chi connectivity index (χ0v) is 22.0. The minimum atomic E-state index is -0.912. The quantitative estimate of drug-likeness (QED) is 0.306. The Morgan fingerprint density at radius 2 is 1.84 bits per heavy atom. The number of hydrogen-bond donors (Lipinski definition) is 1. The molecule has 1 fully saturated rings. The first-order chi connectivity index (χ1) is 17.8. The first-order valence-electron chi connectivity index (χ1n) is 13.3. The van der Waals surface area contributed by atoms with Crippen LogP contribution in [0.1, 0.15) is 64.7 Å². The third-order valence-corrected chi connectivity index (χ3v) is 7.96. The minimum Gasteiger partial charge on any atom is -0.382 e. The van der Waals surface area contributed by atoms with Crippen molar-refractivity contribution in [3.05, 3.63) is 54.4 Å². The molecule has 37 heavy (non-hydrogen) atoms. The molecule has 3 N–H and O–H groups in total. The summed E-state index contributed by atoms with van der Waals surface area (Å²) in [5.74, 6) is 0.783. The van der Waals surface area contributed by atoms with Gasteiger partial charge in [-0.05, 0) is 56.7 Å². The predicted molar refractivity (Wildman–Crippen MR) is 148 cm³/mol. The number of carbonyl (C=O) groups is 1. The monoisotopic (exact) mass is 498 g/mol. The van der Waals surface area contributed by atoms with Crippen molar-refractivity contribution < 1.29 is 9.53 Å². The van der Waals surface area contributed by atoms with Crippen molar-refractivity contribution in [3.8, 4) is 11.1 Å². The maximum atomic E-state index is 12.8. The molecule has 0 aliphatic heterocycles. The van der Waals surface area contributed by atoms with E-state index in [1.807, 2.05) is 39.0 Å². The van der Waals surface area contributed by atoms with E-state index in [0.717, 1.165) is 59.1 Å². The van der Waals surface area contributed by atoms with Gasteiger partial charge in [-0.3, -0.25) is 10.5 Å². The second-order valence-corrected chi connectivity index (χ2v) is 10.7. The van der Waals surface area contributed by atoms with Crippen LogP contribution in [-0.4, -0.2) is 27.0 Å². The maximum Gasteiger partial charge on any atom is 0.246 e. The van der Waals surface area contributed by atoms with Gasteiger partial charge in [0.15, 0.2) is 5.82 Å².